The zero-order chi connectivity index (χ0) is 22.2. The summed E-state index contributed by atoms with van der Waals surface area (Å²) in [5.74, 6) is -0.336. The number of esters is 1. The van der Waals surface area contributed by atoms with Gasteiger partial charge in [-0.3, -0.25) is 4.68 Å². The Morgan fingerprint density at radius 2 is 2.03 bits per heavy atom. The number of nitrogens with zero attached hydrogens (tertiary/aromatic N) is 4. The summed E-state index contributed by atoms with van der Waals surface area (Å²) in [6, 6.07) is 1.88. The second kappa shape index (κ2) is 8.08. The van der Waals surface area contributed by atoms with Gasteiger partial charge in [-0.15, -0.1) is 0 Å². The highest BCUT2D eigenvalue weighted by Gasteiger charge is 2.48. The van der Waals surface area contributed by atoms with Crippen molar-refractivity contribution in [2.75, 3.05) is 25.4 Å². The number of sulfonamides is 1. The minimum atomic E-state index is -3.23. The number of carbonyl (C=O) groups is 1. The molecule has 1 aliphatic heterocycles. The van der Waals surface area contributed by atoms with Gasteiger partial charge in [0.15, 0.2) is 0 Å². The molecule has 0 spiro atoms. The molecular weight excluding hydrogens is 418 g/mol. The lowest BCUT2D eigenvalue weighted by Crippen LogP contribution is -2.64. The first-order chi connectivity index (χ1) is 14.8. The molecule has 4 heterocycles. The summed E-state index contributed by atoms with van der Waals surface area (Å²) in [6.45, 7) is 6.74. The summed E-state index contributed by atoms with van der Waals surface area (Å²) in [4.78, 5) is 20.1. The molecule has 1 saturated heterocycles. The Balaban J connectivity index is 1.72. The van der Waals surface area contributed by atoms with Gasteiger partial charge in [-0.1, -0.05) is 13.8 Å². The molecule has 0 radical (unpaired) electrons. The second-order valence-electron chi connectivity index (χ2n) is 7.84. The smallest absolute Gasteiger partial charge is 0.340 e. The van der Waals surface area contributed by atoms with Gasteiger partial charge in [-0.25, -0.2) is 18.2 Å². The number of nitrogens with one attached hydrogen (secondary N) is 1. The number of H-pyrrole nitrogens is 1. The van der Waals surface area contributed by atoms with Crippen LogP contribution < -0.4 is 0 Å². The third-order valence-electron chi connectivity index (χ3n) is 5.96. The first-order valence-corrected chi connectivity index (χ1v) is 12.1. The first kappa shape index (κ1) is 21.5. The fraction of sp³-hybridized carbons (Fsp3) is 0.476. The van der Waals surface area contributed by atoms with E-state index in [-0.39, 0.29) is 5.75 Å². The zero-order valence-corrected chi connectivity index (χ0v) is 18.8. The van der Waals surface area contributed by atoms with Crippen molar-refractivity contribution in [3.8, 4) is 11.1 Å². The van der Waals surface area contributed by atoms with E-state index in [0.717, 1.165) is 23.8 Å². The SMILES string of the molecule is CCCOC(=O)c1cnc2[nH]ccc2c1-c1cnn(C2(CC)CN(S(=O)(=O)CC)C2)c1. The highest BCUT2D eigenvalue weighted by Crippen LogP contribution is 2.37. The van der Waals surface area contributed by atoms with Crippen molar-refractivity contribution in [2.45, 2.75) is 39.2 Å². The van der Waals surface area contributed by atoms with Gasteiger partial charge in [0.05, 0.1) is 29.7 Å². The van der Waals surface area contributed by atoms with Crippen molar-refractivity contribution in [1.29, 1.82) is 0 Å². The maximum absolute atomic E-state index is 12.7. The van der Waals surface area contributed by atoms with Gasteiger partial charge in [0.1, 0.15) is 5.65 Å². The molecule has 0 aliphatic carbocycles. The van der Waals surface area contributed by atoms with Crippen LogP contribution in [0.25, 0.3) is 22.2 Å². The minimum Gasteiger partial charge on any atom is -0.462 e. The van der Waals surface area contributed by atoms with Crippen LogP contribution in [-0.4, -0.2) is 63.9 Å². The van der Waals surface area contributed by atoms with Crippen LogP contribution in [0.15, 0.2) is 30.9 Å². The van der Waals surface area contributed by atoms with Crippen molar-refractivity contribution in [2.24, 2.45) is 0 Å². The highest BCUT2D eigenvalue weighted by molar-refractivity contribution is 7.89. The fourth-order valence-electron chi connectivity index (χ4n) is 3.98. The van der Waals surface area contributed by atoms with Crippen LogP contribution in [0.3, 0.4) is 0 Å². The molecule has 0 unspecified atom stereocenters. The van der Waals surface area contributed by atoms with E-state index in [9.17, 15) is 13.2 Å². The predicted octanol–water partition coefficient (Wildman–Crippen LogP) is 2.76. The Kier molecular flexibility index (Phi) is 5.61. The molecule has 9 nitrogen and oxygen atoms in total. The van der Waals surface area contributed by atoms with Gasteiger partial charge < -0.3 is 9.72 Å². The number of ether oxygens (including phenoxy) is 1. The van der Waals surface area contributed by atoms with Crippen molar-refractivity contribution < 1.29 is 17.9 Å². The number of carbonyl (C=O) groups excluding carboxylic acids is 1. The van der Waals surface area contributed by atoms with Gasteiger partial charge in [0, 0.05) is 48.2 Å². The maximum atomic E-state index is 12.7. The van der Waals surface area contributed by atoms with Crippen LogP contribution in [0, 0.1) is 0 Å². The van der Waals surface area contributed by atoms with Gasteiger partial charge in [0.2, 0.25) is 10.0 Å². The Hall–Kier alpha value is -2.72. The van der Waals surface area contributed by atoms with Crippen molar-refractivity contribution in [3.63, 3.8) is 0 Å². The van der Waals surface area contributed by atoms with Crippen LogP contribution in [0.1, 0.15) is 44.0 Å². The molecule has 1 aliphatic rings. The van der Waals surface area contributed by atoms with E-state index in [2.05, 4.69) is 15.1 Å². The Morgan fingerprint density at radius 3 is 2.71 bits per heavy atom. The second-order valence-corrected chi connectivity index (χ2v) is 10.1. The van der Waals surface area contributed by atoms with Crippen LogP contribution in [0.2, 0.25) is 0 Å². The monoisotopic (exact) mass is 445 g/mol. The van der Waals surface area contributed by atoms with E-state index in [4.69, 9.17) is 4.74 Å². The van der Waals surface area contributed by atoms with Crippen molar-refractivity contribution in [3.05, 3.63) is 36.4 Å². The standard InChI is InChI=1S/C21H27N5O4S/c1-4-9-30-20(27)17-11-23-19-16(7-8-22-19)18(17)15-10-24-26(12-15)21(5-2)13-25(14-21)31(28,29)6-3/h7-8,10-12H,4-6,9,13-14H2,1-3H3,(H,22,23). The number of aromatic amines is 1. The topological polar surface area (TPSA) is 110 Å². The quantitative estimate of drug-likeness (QED) is 0.534. The van der Waals surface area contributed by atoms with E-state index in [1.54, 1.807) is 19.3 Å². The molecular formula is C21H27N5O4S. The average Bonchev–Trinajstić information content (AvgIpc) is 3.40. The Labute approximate surface area is 181 Å². The summed E-state index contributed by atoms with van der Waals surface area (Å²) in [6.07, 6.45) is 8.38. The third-order valence-corrected chi connectivity index (χ3v) is 7.73. The van der Waals surface area contributed by atoms with E-state index in [0.29, 0.717) is 36.5 Å². The van der Waals surface area contributed by atoms with Gasteiger partial charge >= 0.3 is 5.97 Å². The van der Waals surface area contributed by atoms with Crippen LogP contribution in [-0.2, 0) is 20.3 Å². The molecule has 0 amide bonds. The summed E-state index contributed by atoms with van der Waals surface area (Å²) >= 11 is 0. The third kappa shape index (κ3) is 3.63. The molecule has 3 aromatic heterocycles. The van der Waals surface area contributed by atoms with Gasteiger partial charge in [0.25, 0.3) is 0 Å². The molecule has 10 heteroatoms. The average molecular weight is 446 g/mol. The van der Waals surface area contributed by atoms with E-state index in [1.165, 1.54) is 10.5 Å². The number of hydrogen-bond donors (Lipinski definition) is 1. The fourth-order valence-corrected chi connectivity index (χ4v) is 5.22. The lowest BCUT2D eigenvalue weighted by Gasteiger charge is -2.48. The van der Waals surface area contributed by atoms with Crippen LogP contribution in [0.5, 0.6) is 0 Å². The van der Waals surface area contributed by atoms with Gasteiger partial charge in [-0.05, 0) is 25.8 Å². The van der Waals surface area contributed by atoms with Crippen molar-refractivity contribution in [1.82, 2.24) is 24.1 Å². The lowest BCUT2D eigenvalue weighted by molar-refractivity contribution is 0.0505. The number of hydrogen-bond acceptors (Lipinski definition) is 6. The summed E-state index contributed by atoms with van der Waals surface area (Å²) in [5.41, 5.74) is 2.13. The predicted molar refractivity (Wildman–Crippen MR) is 117 cm³/mol. The minimum absolute atomic E-state index is 0.0862. The van der Waals surface area contributed by atoms with Crippen LogP contribution >= 0.6 is 0 Å². The molecule has 1 N–H and O–H groups in total. The molecule has 4 rings (SSSR count). The molecule has 0 atom stereocenters. The molecule has 3 aromatic rings. The molecule has 0 bridgehead atoms. The van der Waals surface area contributed by atoms with E-state index < -0.39 is 21.5 Å². The summed E-state index contributed by atoms with van der Waals surface area (Å²) < 4.78 is 33.1. The van der Waals surface area contributed by atoms with E-state index >= 15 is 0 Å². The normalized spacial score (nSPS) is 16.4. The molecule has 0 saturated carbocycles. The Bertz CT molecular complexity index is 1210. The summed E-state index contributed by atoms with van der Waals surface area (Å²) in [5, 5.41) is 5.37. The van der Waals surface area contributed by atoms with E-state index in [1.807, 2.05) is 30.8 Å². The van der Waals surface area contributed by atoms with Crippen molar-refractivity contribution >= 4 is 27.0 Å². The molecule has 31 heavy (non-hydrogen) atoms. The number of fused-ring (bicyclic) bond motifs is 1. The van der Waals surface area contributed by atoms with Crippen LogP contribution in [0.4, 0.5) is 0 Å². The number of pyridine rings is 1. The largest absolute Gasteiger partial charge is 0.462 e. The first-order valence-electron chi connectivity index (χ1n) is 10.5. The summed E-state index contributed by atoms with van der Waals surface area (Å²) in [7, 11) is -3.23. The maximum Gasteiger partial charge on any atom is 0.340 e. The lowest BCUT2D eigenvalue weighted by atomic mass is 9.89. The molecule has 1 fully saturated rings. The Morgan fingerprint density at radius 1 is 1.26 bits per heavy atom. The number of rotatable bonds is 8. The van der Waals surface area contributed by atoms with Gasteiger partial charge in [-0.2, -0.15) is 9.40 Å². The molecule has 166 valence electrons. The molecule has 0 aromatic carbocycles. The highest BCUT2D eigenvalue weighted by atomic mass is 32.2. The zero-order valence-electron chi connectivity index (χ0n) is 18.0. The number of aromatic nitrogens is 4.